The molecule has 11 heteroatoms. The van der Waals surface area contributed by atoms with E-state index in [1.807, 2.05) is 4.72 Å². The lowest BCUT2D eigenvalue weighted by atomic mass is 9.84. The second-order valence-corrected chi connectivity index (χ2v) is 9.76. The van der Waals surface area contributed by atoms with Crippen LogP contribution in [-0.4, -0.2) is 35.6 Å². The molecule has 10 nitrogen and oxygen atoms in total. The van der Waals surface area contributed by atoms with Gasteiger partial charge in [0.25, 0.3) is 15.8 Å². The van der Waals surface area contributed by atoms with Crippen LogP contribution in [0.2, 0.25) is 0 Å². The fourth-order valence-corrected chi connectivity index (χ4v) is 5.00. The number of carbonyl (C=O) groups excluding carboxylic acids is 2. The van der Waals surface area contributed by atoms with Crippen LogP contribution in [-0.2, 0) is 14.8 Å². The molecule has 1 fully saturated rings. The van der Waals surface area contributed by atoms with E-state index >= 15 is 0 Å². The van der Waals surface area contributed by atoms with Gasteiger partial charge in [-0.2, -0.15) is 4.98 Å². The van der Waals surface area contributed by atoms with E-state index in [9.17, 15) is 18.0 Å². The van der Waals surface area contributed by atoms with Crippen molar-refractivity contribution >= 4 is 21.8 Å². The summed E-state index contributed by atoms with van der Waals surface area (Å²) in [6.07, 6.45) is 8.52. The van der Waals surface area contributed by atoms with E-state index in [2.05, 4.69) is 10.1 Å². The minimum atomic E-state index is -4.09. The maximum Gasteiger partial charge on any atom is 0.306 e. The normalized spacial score (nSPS) is 15.8. The molecule has 0 radical (unpaired) electrons. The number of rotatable bonds is 10. The van der Waals surface area contributed by atoms with Gasteiger partial charge >= 0.3 is 5.91 Å². The van der Waals surface area contributed by atoms with Gasteiger partial charge in [0.1, 0.15) is 0 Å². The Bertz CT molecular complexity index is 1000. The number of sulfonamides is 1. The lowest BCUT2D eigenvalue weighted by molar-refractivity contribution is -0.129. The van der Waals surface area contributed by atoms with Crippen molar-refractivity contribution in [1.82, 2.24) is 20.3 Å². The molecule has 3 N–H and O–H groups in total. The Kier molecular flexibility index (Phi) is 8.34. The van der Waals surface area contributed by atoms with Crippen molar-refractivity contribution in [1.29, 1.82) is 0 Å². The van der Waals surface area contributed by atoms with Gasteiger partial charge < -0.3 is 4.52 Å². The fourth-order valence-electron chi connectivity index (χ4n) is 4.03. The molecule has 1 aliphatic carbocycles. The highest BCUT2D eigenvalue weighted by Gasteiger charge is 2.27. The average Bonchev–Trinajstić information content (AvgIpc) is 3.30. The van der Waals surface area contributed by atoms with Crippen LogP contribution in [0.1, 0.15) is 80.2 Å². The molecule has 1 heterocycles. The zero-order valence-corrected chi connectivity index (χ0v) is 18.5. The summed E-state index contributed by atoms with van der Waals surface area (Å²) >= 11 is 0. The molecule has 1 aromatic carbocycles. The third-order valence-electron chi connectivity index (χ3n) is 5.72. The Morgan fingerprint density at radius 2 is 1.88 bits per heavy atom. The van der Waals surface area contributed by atoms with Crippen LogP contribution in [0.4, 0.5) is 0 Å². The maximum absolute atomic E-state index is 12.4. The van der Waals surface area contributed by atoms with Crippen molar-refractivity contribution in [3.63, 3.8) is 0 Å². The Hall–Kier alpha value is -2.79. The van der Waals surface area contributed by atoms with E-state index in [1.165, 1.54) is 56.4 Å². The largest absolute Gasteiger partial charge is 0.338 e. The summed E-state index contributed by atoms with van der Waals surface area (Å²) in [6.45, 7) is 0. The van der Waals surface area contributed by atoms with E-state index in [-0.39, 0.29) is 17.2 Å². The fraction of sp³-hybridized carbons (Fsp3) is 0.524. The summed E-state index contributed by atoms with van der Waals surface area (Å²) in [5.74, 6) is -1.85. The van der Waals surface area contributed by atoms with Gasteiger partial charge in [0.2, 0.25) is 11.8 Å². The topological polar surface area (TPSA) is 151 Å². The first kappa shape index (κ1) is 23.9. The summed E-state index contributed by atoms with van der Waals surface area (Å²) in [7, 11) is -4.09. The third-order valence-corrected chi connectivity index (χ3v) is 7.07. The highest BCUT2D eigenvalue weighted by Crippen LogP contribution is 2.31. The summed E-state index contributed by atoms with van der Waals surface area (Å²) in [4.78, 5) is 28.1. The Morgan fingerprint density at radius 3 is 2.56 bits per heavy atom. The van der Waals surface area contributed by atoms with E-state index in [4.69, 9.17) is 9.73 Å². The van der Waals surface area contributed by atoms with E-state index in [1.54, 1.807) is 11.5 Å². The summed E-state index contributed by atoms with van der Waals surface area (Å²) in [5.41, 5.74) is 1.60. The Morgan fingerprint density at radius 1 is 1.16 bits per heavy atom. The molecule has 32 heavy (non-hydrogen) atoms. The molecule has 0 aliphatic heterocycles. The molecule has 1 aromatic heterocycles. The molecule has 1 saturated carbocycles. The number of benzene rings is 1. The van der Waals surface area contributed by atoms with Crippen LogP contribution >= 0.6 is 0 Å². The minimum Gasteiger partial charge on any atom is -0.338 e. The summed E-state index contributed by atoms with van der Waals surface area (Å²) in [6, 6.07) is 7.44. The number of nitrogens with one attached hydrogen (secondary N) is 2. The predicted molar refractivity (Wildman–Crippen MR) is 113 cm³/mol. The standard InChI is InChI=1S/C21H28N4O6S/c26-18(23-28)14-16(11-7-10-15-8-3-1-4-9-15)21-22-19(24-31-21)20(27)25-32(29,30)17-12-5-2-6-13-17/h2,5-6,12-13,15-16,28H,1,3-4,7-11,14H2,(H,23,26)(H,25,27)/t16-/m1/s1. The maximum atomic E-state index is 12.4. The highest BCUT2D eigenvalue weighted by molar-refractivity contribution is 7.90. The Labute approximate surface area is 186 Å². The van der Waals surface area contributed by atoms with Crippen molar-refractivity contribution < 1.29 is 27.7 Å². The molecule has 0 spiro atoms. The van der Waals surface area contributed by atoms with E-state index in [0.717, 1.165) is 12.8 Å². The van der Waals surface area contributed by atoms with Crippen molar-refractivity contribution in [2.24, 2.45) is 5.92 Å². The number of nitrogens with zero attached hydrogens (tertiary/aromatic N) is 2. The number of hydrogen-bond acceptors (Lipinski definition) is 8. The first-order valence-corrected chi connectivity index (χ1v) is 12.3. The van der Waals surface area contributed by atoms with Crippen LogP contribution in [0.25, 0.3) is 0 Å². The molecule has 1 aliphatic rings. The van der Waals surface area contributed by atoms with Crippen LogP contribution < -0.4 is 10.2 Å². The molecular weight excluding hydrogens is 436 g/mol. The van der Waals surface area contributed by atoms with Crippen LogP contribution in [0, 0.1) is 5.92 Å². The van der Waals surface area contributed by atoms with Crippen LogP contribution in [0.3, 0.4) is 0 Å². The lowest BCUT2D eigenvalue weighted by Gasteiger charge is -2.22. The molecule has 1 atom stereocenters. The minimum absolute atomic E-state index is 0.0551. The zero-order chi connectivity index (χ0) is 23.0. The predicted octanol–water partition coefficient (Wildman–Crippen LogP) is 2.92. The molecular formula is C21H28N4O6S. The molecule has 2 aromatic rings. The second-order valence-electron chi connectivity index (χ2n) is 8.07. The molecule has 0 unspecified atom stereocenters. The van der Waals surface area contributed by atoms with Crippen LogP contribution in [0.15, 0.2) is 39.8 Å². The highest BCUT2D eigenvalue weighted by atomic mass is 32.2. The first-order chi connectivity index (χ1) is 15.4. The molecule has 0 bridgehead atoms. The SMILES string of the molecule is O=C(C[C@@H](CCCC1CCCCC1)c1nc(C(=O)NS(=O)(=O)c2ccccc2)no1)NO. The summed E-state index contributed by atoms with van der Waals surface area (Å²) < 4.78 is 31.8. The third kappa shape index (κ3) is 6.60. The zero-order valence-electron chi connectivity index (χ0n) is 17.7. The van der Waals surface area contributed by atoms with Gasteiger partial charge in [-0.3, -0.25) is 14.8 Å². The van der Waals surface area contributed by atoms with Gasteiger partial charge in [-0.15, -0.1) is 0 Å². The monoisotopic (exact) mass is 464 g/mol. The Balaban J connectivity index is 1.65. The number of amides is 2. The smallest absolute Gasteiger partial charge is 0.306 e. The lowest BCUT2D eigenvalue weighted by Crippen LogP contribution is -2.31. The quantitative estimate of drug-likeness (QED) is 0.358. The summed E-state index contributed by atoms with van der Waals surface area (Å²) in [5, 5.41) is 12.5. The van der Waals surface area contributed by atoms with Gasteiger partial charge in [-0.1, -0.05) is 68.3 Å². The van der Waals surface area contributed by atoms with Crippen molar-refractivity contribution in [3.8, 4) is 0 Å². The van der Waals surface area contributed by atoms with Gasteiger partial charge in [0.05, 0.1) is 4.90 Å². The van der Waals surface area contributed by atoms with Gasteiger partial charge in [0.15, 0.2) is 0 Å². The van der Waals surface area contributed by atoms with Gasteiger partial charge in [0, 0.05) is 12.3 Å². The number of hydroxylamine groups is 1. The number of hydrogen-bond donors (Lipinski definition) is 3. The average molecular weight is 465 g/mol. The molecule has 174 valence electrons. The van der Waals surface area contributed by atoms with Gasteiger partial charge in [-0.25, -0.2) is 18.6 Å². The van der Waals surface area contributed by atoms with Crippen molar-refractivity contribution in [3.05, 3.63) is 42.0 Å². The second kappa shape index (κ2) is 11.2. The van der Waals surface area contributed by atoms with E-state index in [0.29, 0.717) is 12.3 Å². The van der Waals surface area contributed by atoms with Gasteiger partial charge in [-0.05, 0) is 24.5 Å². The number of carbonyl (C=O) groups is 2. The number of aromatic nitrogens is 2. The van der Waals surface area contributed by atoms with Crippen molar-refractivity contribution in [2.45, 2.75) is 68.6 Å². The molecule has 0 saturated heterocycles. The molecule has 3 rings (SSSR count). The van der Waals surface area contributed by atoms with E-state index < -0.39 is 33.6 Å². The molecule has 2 amide bonds. The van der Waals surface area contributed by atoms with Crippen molar-refractivity contribution in [2.75, 3.05) is 0 Å². The first-order valence-electron chi connectivity index (χ1n) is 10.8. The van der Waals surface area contributed by atoms with Crippen LogP contribution in [0.5, 0.6) is 0 Å².